The summed E-state index contributed by atoms with van der Waals surface area (Å²) in [6, 6.07) is 3.84. The number of pyridine rings is 1. The molecule has 2 aromatic rings. The Balaban J connectivity index is 1.71. The molecular weight excluding hydrogens is 316 g/mol. The molecule has 3 rings (SSSR count). The number of aromatic nitrogens is 3. The van der Waals surface area contributed by atoms with E-state index >= 15 is 0 Å². The van der Waals surface area contributed by atoms with Gasteiger partial charge in [0.05, 0.1) is 6.04 Å². The van der Waals surface area contributed by atoms with Gasteiger partial charge in [-0.3, -0.25) is 9.78 Å². The smallest absolute Gasteiger partial charge is 0.229 e. The third-order valence-electron chi connectivity index (χ3n) is 4.67. The van der Waals surface area contributed by atoms with E-state index in [1.54, 1.807) is 6.20 Å². The molecule has 0 saturated carbocycles. The number of carbonyl (C=O) groups is 1. The maximum atomic E-state index is 12.9. The first kappa shape index (κ1) is 17.6. The average Bonchev–Trinajstić information content (AvgIpc) is 2.99. The van der Waals surface area contributed by atoms with Crippen molar-refractivity contribution in [2.24, 2.45) is 0 Å². The van der Waals surface area contributed by atoms with Crippen molar-refractivity contribution in [3.05, 3.63) is 41.8 Å². The molecule has 1 atom stereocenters. The molecule has 0 bridgehead atoms. The van der Waals surface area contributed by atoms with Crippen molar-refractivity contribution < 1.29 is 9.32 Å². The largest absolute Gasteiger partial charge is 0.339 e. The monoisotopic (exact) mass is 342 g/mol. The maximum absolute atomic E-state index is 12.9. The van der Waals surface area contributed by atoms with E-state index in [4.69, 9.17) is 4.52 Å². The van der Waals surface area contributed by atoms with Gasteiger partial charge in [-0.25, -0.2) is 0 Å². The Bertz CT molecular complexity index is 684. The van der Waals surface area contributed by atoms with Crippen LogP contribution in [0.5, 0.6) is 0 Å². The Labute approximate surface area is 148 Å². The summed E-state index contributed by atoms with van der Waals surface area (Å²) < 4.78 is 5.37. The molecule has 0 N–H and O–H groups in total. The highest BCUT2D eigenvalue weighted by Crippen LogP contribution is 2.30. The van der Waals surface area contributed by atoms with Crippen LogP contribution in [0.25, 0.3) is 0 Å². The molecule has 25 heavy (non-hydrogen) atoms. The van der Waals surface area contributed by atoms with E-state index in [-0.39, 0.29) is 17.9 Å². The van der Waals surface area contributed by atoms with Crippen molar-refractivity contribution in [3.63, 3.8) is 0 Å². The van der Waals surface area contributed by atoms with Gasteiger partial charge >= 0.3 is 0 Å². The fourth-order valence-electron chi connectivity index (χ4n) is 3.23. The fraction of sp³-hybridized carbons (Fsp3) is 0.579. The molecule has 1 fully saturated rings. The van der Waals surface area contributed by atoms with E-state index in [2.05, 4.69) is 15.1 Å². The van der Waals surface area contributed by atoms with E-state index in [0.29, 0.717) is 24.6 Å². The standard InChI is InChI=1S/C19H26N4O2/c1-14(2)19-21-18(22-25-19)16-8-4-3-5-12-23(16)17(24)10-9-15-7-6-11-20-13-15/h6-7,11,13-14,16H,3-5,8-10,12H2,1-2H3/t16-/m0/s1. The van der Waals surface area contributed by atoms with Crippen LogP contribution >= 0.6 is 0 Å². The van der Waals surface area contributed by atoms with Crippen LogP contribution in [0.15, 0.2) is 29.0 Å². The lowest BCUT2D eigenvalue weighted by atomic mass is 10.1. The van der Waals surface area contributed by atoms with Crippen LogP contribution < -0.4 is 0 Å². The summed E-state index contributed by atoms with van der Waals surface area (Å²) in [7, 11) is 0. The van der Waals surface area contributed by atoms with Gasteiger partial charge in [0.25, 0.3) is 0 Å². The summed E-state index contributed by atoms with van der Waals surface area (Å²) in [4.78, 5) is 23.5. The Kier molecular flexibility index (Phi) is 5.79. The molecule has 1 saturated heterocycles. The molecule has 0 unspecified atom stereocenters. The topological polar surface area (TPSA) is 72.1 Å². The third-order valence-corrected chi connectivity index (χ3v) is 4.67. The van der Waals surface area contributed by atoms with Gasteiger partial charge in [0.15, 0.2) is 5.82 Å². The van der Waals surface area contributed by atoms with E-state index in [0.717, 1.165) is 37.8 Å². The van der Waals surface area contributed by atoms with E-state index in [1.165, 1.54) is 0 Å². The van der Waals surface area contributed by atoms with Gasteiger partial charge in [0, 0.05) is 31.3 Å². The highest BCUT2D eigenvalue weighted by atomic mass is 16.5. The van der Waals surface area contributed by atoms with E-state index in [1.807, 2.05) is 37.1 Å². The SMILES string of the molecule is CC(C)c1nc([C@@H]2CCCCCN2C(=O)CCc2cccnc2)no1. The van der Waals surface area contributed by atoms with Crippen LogP contribution in [-0.4, -0.2) is 32.5 Å². The van der Waals surface area contributed by atoms with Crippen LogP contribution in [0.2, 0.25) is 0 Å². The van der Waals surface area contributed by atoms with Crippen LogP contribution in [0, 0.1) is 0 Å². The molecule has 3 heterocycles. The van der Waals surface area contributed by atoms with Crippen molar-refractivity contribution >= 4 is 5.91 Å². The second-order valence-corrected chi connectivity index (χ2v) is 6.96. The summed E-state index contributed by atoms with van der Waals surface area (Å²) in [6.07, 6.45) is 8.91. The quantitative estimate of drug-likeness (QED) is 0.829. The predicted octanol–water partition coefficient (Wildman–Crippen LogP) is 3.66. The first-order valence-electron chi connectivity index (χ1n) is 9.17. The first-order valence-corrected chi connectivity index (χ1v) is 9.17. The van der Waals surface area contributed by atoms with Crippen molar-refractivity contribution in [1.82, 2.24) is 20.0 Å². The maximum Gasteiger partial charge on any atom is 0.229 e. The highest BCUT2D eigenvalue weighted by Gasteiger charge is 2.30. The number of nitrogens with zero attached hydrogens (tertiary/aromatic N) is 4. The minimum absolute atomic E-state index is 0.0693. The van der Waals surface area contributed by atoms with E-state index < -0.39 is 0 Å². The number of carbonyl (C=O) groups excluding carboxylic acids is 1. The zero-order valence-electron chi connectivity index (χ0n) is 15.0. The average molecular weight is 342 g/mol. The molecule has 134 valence electrons. The lowest BCUT2D eigenvalue weighted by molar-refractivity contribution is -0.133. The first-order chi connectivity index (χ1) is 12.1. The second-order valence-electron chi connectivity index (χ2n) is 6.96. The Morgan fingerprint density at radius 1 is 1.36 bits per heavy atom. The lowest BCUT2D eigenvalue weighted by Gasteiger charge is -2.28. The molecule has 0 spiro atoms. The van der Waals surface area contributed by atoms with Gasteiger partial charge in [-0.05, 0) is 30.9 Å². The molecule has 0 radical (unpaired) electrons. The van der Waals surface area contributed by atoms with Crippen LogP contribution in [0.3, 0.4) is 0 Å². The molecule has 1 amide bonds. The summed E-state index contributed by atoms with van der Waals surface area (Å²) in [5.74, 6) is 1.65. The van der Waals surface area contributed by atoms with Gasteiger partial charge < -0.3 is 9.42 Å². The number of rotatable bonds is 5. The molecule has 2 aromatic heterocycles. The molecule has 1 aliphatic heterocycles. The molecule has 6 heteroatoms. The summed E-state index contributed by atoms with van der Waals surface area (Å²) in [6.45, 7) is 4.82. The van der Waals surface area contributed by atoms with Crippen molar-refractivity contribution in [3.8, 4) is 0 Å². The van der Waals surface area contributed by atoms with Crippen LogP contribution in [-0.2, 0) is 11.2 Å². The Morgan fingerprint density at radius 3 is 2.96 bits per heavy atom. The predicted molar refractivity (Wildman–Crippen MR) is 93.9 cm³/mol. The van der Waals surface area contributed by atoms with Crippen LogP contribution in [0.1, 0.15) is 75.2 Å². The second kappa shape index (κ2) is 8.23. The van der Waals surface area contributed by atoms with Gasteiger partial charge in [-0.15, -0.1) is 0 Å². The van der Waals surface area contributed by atoms with Crippen molar-refractivity contribution in [2.45, 2.75) is 64.3 Å². The molecule has 0 aliphatic carbocycles. The number of aryl methyl sites for hydroxylation is 1. The lowest BCUT2D eigenvalue weighted by Crippen LogP contribution is -2.35. The highest BCUT2D eigenvalue weighted by molar-refractivity contribution is 5.77. The number of hydrogen-bond donors (Lipinski definition) is 0. The zero-order valence-corrected chi connectivity index (χ0v) is 15.0. The Hall–Kier alpha value is -2.24. The van der Waals surface area contributed by atoms with E-state index in [9.17, 15) is 4.79 Å². The number of likely N-dealkylation sites (tertiary alicyclic amines) is 1. The van der Waals surface area contributed by atoms with Crippen LogP contribution in [0.4, 0.5) is 0 Å². The normalized spacial score (nSPS) is 18.4. The number of amides is 1. The third kappa shape index (κ3) is 4.44. The van der Waals surface area contributed by atoms with Crippen molar-refractivity contribution in [2.75, 3.05) is 6.54 Å². The van der Waals surface area contributed by atoms with Gasteiger partial charge in [-0.2, -0.15) is 4.98 Å². The van der Waals surface area contributed by atoms with Gasteiger partial charge in [0.2, 0.25) is 11.8 Å². The minimum atomic E-state index is -0.0693. The zero-order chi connectivity index (χ0) is 17.6. The summed E-state index contributed by atoms with van der Waals surface area (Å²) in [5.41, 5.74) is 1.09. The minimum Gasteiger partial charge on any atom is -0.339 e. The molecule has 0 aromatic carbocycles. The molecular formula is C19H26N4O2. The Morgan fingerprint density at radius 2 is 2.24 bits per heavy atom. The fourth-order valence-corrected chi connectivity index (χ4v) is 3.23. The summed E-state index contributed by atoms with van der Waals surface area (Å²) >= 11 is 0. The van der Waals surface area contributed by atoms with Crippen molar-refractivity contribution in [1.29, 1.82) is 0 Å². The van der Waals surface area contributed by atoms with Gasteiger partial charge in [0.1, 0.15) is 0 Å². The molecule has 6 nitrogen and oxygen atoms in total. The molecule has 1 aliphatic rings. The van der Waals surface area contributed by atoms with Gasteiger partial charge in [-0.1, -0.05) is 37.9 Å². The summed E-state index contributed by atoms with van der Waals surface area (Å²) in [5, 5.41) is 4.16. The number of hydrogen-bond acceptors (Lipinski definition) is 5.